The average Bonchev–Trinajstić information content (AvgIpc) is 3.22. The molecule has 0 spiro atoms. The highest BCUT2D eigenvalue weighted by molar-refractivity contribution is 6.31. The fourth-order valence-electron chi connectivity index (χ4n) is 4.28. The molecule has 2 aromatic heterocycles. The van der Waals surface area contributed by atoms with Crippen LogP contribution in [-0.4, -0.2) is 61.5 Å². The van der Waals surface area contributed by atoms with Crippen LogP contribution in [0.2, 0.25) is 5.02 Å². The molecule has 0 bridgehead atoms. The quantitative estimate of drug-likeness (QED) is 0.626. The van der Waals surface area contributed by atoms with Crippen LogP contribution in [0.4, 0.5) is 0 Å². The average molecular weight is 427 g/mol. The summed E-state index contributed by atoms with van der Waals surface area (Å²) in [6, 6.07) is 8.22. The van der Waals surface area contributed by atoms with Gasteiger partial charge in [0.25, 0.3) is 5.78 Å². The van der Waals surface area contributed by atoms with Gasteiger partial charge in [-0.15, -0.1) is 0 Å². The molecule has 4 rings (SSSR count). The molecule has 30 heavy (non-hydrogen) atoms. The first kappa shape index (κ1) is 20.8. The van der Waals surface area contributed by atoms with Crippen LogP contribution in [0.15, 0.2) is 30.6 Å². The van der Waals surface area contributed by atoms with Crippen molar-refractivity contribution < 1.29 is 4.79 Å². The third-order valence-electron chi connectivity index (χ3n) is 6.15. The number of benzene rings is 1. The molecule has 1 saturated heterocycles. The Morgan fingerprint density at radius 2 is 1.90 bits per heavy atom. The van der Waals surface area contributed by atoms with Gasteiger partial charge in [-0.3, -0.25) is 9.69 Å². The van der Waals surface area contributed by atoms with Crippen LogP contribution >= 0.6 is 11.6 Å². The minimum atomic E-state index is 0.192. The van der Waals surface area contributed by atoms with Crippen LogP contribution in [0.1, 0.15) is 41.9 Å². The highest BCUT2D eigenvalue weighted by Gasteiger charge is 2.25. The second-order valence-electron chi connectivity index (χ2n) is 7.85. The Bertz CT molecular complexity index is 1060. The first-order chi connectivity index (χ1) is 14.5. The van der Waals surface area contributed by atoms with Crippen molar-refractivity contribution in [1.82, 2.24) is 29.4 Å². The monoisotopic (exact) mass is 426 g/mol. The highest BCUT2D eigenvalue weighted by Crippen LogP contribution is 2.28. The summed E-state index contributed by atoms with van der Waals surface area (Å²) in [5, 5.41) is 5.02. The van der Waals surface area contributed by atoms with Gasteiger partial charge in [0, 0.05) is 55.1 Å². The molecule has 1 amide bonds. The molecular weight excluding hydrogens is 400 g/mol. The van der Waals surface area contributed by atoms with Crippen LogP contribution in [-0.2, 0) is 11.2 Å². The van der Waals surface area contributed by atoms with Crippen LogP contribution in [0.5, 0.6) is 0 Å². The summed E-state index contributed by atoms with van der Waals surface area (Å²) in [6.45, 7) is 9.34. The minimum Gasteiger partial charge on any atom is -0.340 e. The molecule has 1 aliphatic heterocycles. The van der Waals surface area contributed by atoms with E-state index in [1.54, 1.807) is 4.52 Å². The van der Waals surface area contributed by atoms with E-state index in [0.717, 1.165) is 53.7 Å². The summed E-state index contributed by atoms with van der Waals surface area (Å²) in [4.78, 5) is 25.9. The van der Waals surface area contributed by atoms with Gasteiger partial charge in [-0.05, 0) is 44.4 Å². The minimum absolute atomic E-state index is 0.192. The maximum atomic E-state index is 12.8. The lowest BCUT2D eigenvalue weighted by molar-refractivity contribution is -0.133. The van der Waals surface area contributed by atoms with E-state index < -0.39 is 0 Å². The molecule has 0 N–H and O–H groups in total. The van der Waals surface area contributed by atoms with Gasteiger partial charge in [0.2, 0.25) is 5.91 Å². The number of carbonyl (C=O) groups excluding carboxylic acids is 1. The summed E-state index contributed by atoms with van der Waals surface area (Å²) in [6.07, 6.45) is 2.64. The Morgan fingerprint density at radius 3 is 2.63 bits per heavy atom. The van der Waals surface area contributed by atoms with Crippen LogP contribution in [0, 0.1) is 13.8 Å². The number of aromatic nitrogens is 4. The van der Waals surface area contributed by atoms with Crippen molar-refractivity contribution in [3.63, 3.8) is 0 Å². The third kappa shape index (κ3) is 4.04. The van der Waals surface area contributed by atoms with Crippen molar-refractivity contribution >= 4 is 23.3 Å². The Balaban J connectivity index is 1.34. The molecule has 0 aliphatic carbocycles. The van der Waals surface area contributed by atoms with Crippen LogP contribution in [0.25, 0.3) is 5.78 Å². The Labute approximate surface area is 181 Å². The van der Waals surface area contributed by atoms with Crippen molar-refractivity contribution in [2.75, 3.05) is 26.2 Å². The second-order valence-corrected chi connectivity index (χ2v) is 8.25. The lowest BCUT2D eigenvalue weighted by Crippen LogP contribution is -2.49. The normalized spacial score (nSPS) is 16.2. The third-order valence-corrected chi connectivity index (χ3v) is 6.49. The van der Waals surface area contributed by atoms with E-state index in [0.29, 0.717) is 18.6 Å². The van der Waals surface area contributed by atoms with Gasteiger partial charge >= 0.3 is 0 Å². The van der Waals surface area contributed by atoms with Gasteiger partial charge in [0.15, 0.2) is 0 Å². The van der Waals surface area contributed by atoms with Gasteiger partial charge in [-0.25, -0.2) is 9.50 Å². The topological polar surface area (TPSA) is 66.6 Å². The summed E-state index contributed by atoms with van der Waals surface area (Å²) < 4.78 is 1.74. The summed E-state index contributed by atoms with van der Waals surface area (Å²) in [5.74, 6) is 0.793. The van der Waals surface area contributed by atoms with Gasteiger partial charge in [-0.1, -0.05) is 29.8 Å². The maximum absolute atomic E-state index is 12.8. The number of halogens is 1. The largest absolute Gasteiger partial charge is 0.340 e. The molecule has 0 saturated carbocycles. The van der Waals surface area contributed by atoms with Gasteiger partial charge in [0.1, 0.15) is 6.33 Å². The lowest BCUT2D eigenvalue weighted by atomic mass is 10.0. The number of hydrogen-bond donors (Lipinski definition) is 0. The van der Waals surface area contributed by atoms with Gasteiger partial charge < -0.3 is 4.90 Å². The smallest absolute Gasteiger partial charge is 0.252 e. The zero-order valence-electron chi connectivity index (χ0n) is 17.7. The predicted octanol–water partition coefficient (Wildman–Crippen LogP) is 3.23. The first-order valence-corrected chi connectivity index (χ1v) is 10.8. The predicted molar refractivity (Wildman–Crippen MR) is 117 cm³/mol. The Hall–Kier alpha value is -2.51. The standard InChI is InChI=1S/C22H27ClN6O/c1-15-18(17(3)29-22(26-15)24-14-25-29)8-9-21(30)28-12-10-27(11-13-28)16(2)19-6-4-5-7-20(19)23/h4-7,14,16H,8-13H2,1-3H3. The molecule has 3 aromatic rings. The number of hydrogen-bond acceptors (Lipinski definition) is 5. The number of fused-ring (bicyclic) bond motifs is 1. The zero-order valence-corrected chi connectivity index (χ0v) is 18.4. The molecular formula is C22H27ClN6O. The molecule has 1 atom stereocenters. The van der Waals surface area contributed by atoms with E-state index >= 15 is 0 Å². The molecule has 1 aliphatic rings. The summed E-state index contributed by atoms with van der Waals surface area (Å²) >= 11 is 6.37. The maximum Gasteiger partial charge on any atom is 0.252 e. The van der Waals surface area contributed by atoms with Crippen molar-refractivity contribution in [3.8, 4) is 0 Å². The van der Waals surface area contributed by atoms with E-state index in [9.17, 15) is 4.79 Å². The molecule has 3 heterocycles. The van der Waals surface area contributed by atoms with E-state index in [2.05, 4.69) is 33.0 Å². The molecule has 8 heteroatoms. The molecule has 7 nitrogen and oxygen atoms in total. The second kappa shape index (κ2) is 8.70. The number of piperazine rings is 1. The SMILES string of the molecule is Cc1nc2ncnn2c(C)c1CCC(=O)N1CCN(C(C)c2ccccc2Cl)CC1. The van der Waals surface area contributed by atoms with Crippen molar-refractivity contribution in [2.24, 2.45) is 0 Å². The molecule has 0 radical (unpaired) electrons. The van der Waals surface area contributed by atoms with Gasteiger partial charge in [-0.2, -0.15) is 10.1 Å². The molecule has 1 unspecified atom stereocenters. The fraction of sp³-hybridized carbons (Fsp3) is 0.455. The number of amides is 1. The van der Waals surface area contributed by atoms with E-state index in [-0.39, 0.29) is 11.9 Å². The van der Waals surface area contributed by atoms with E-state index in [1.165, 1.54) is 6.33 Å². The zero-order chi connectivity index (χ0) is 21.3. The number of carbonyl (C=O) groups is 1. The fourth-order valence-corrected chi connectivity index (χ4v) is 4.57. The van der Waals surface area contributed by atoms with Crippen LogP contribution < -0.4 is 0 Å². The number of nitrogens with zero attached hydrogens (tertiary/aromatic N) is 6. The van der Waals surface area contributed by atoms with E-state index in [4.69, 9.17) is 11.6 Å². The van der Waals surface area contributed by atoms with Crippen molar-refractivity contribution in [2.45, 2.75) is 39.7 Å². The van der Waals surface area contributed by atoms with Crippen molar-refractivity contribution in [1.29, 1.82) is 0 Å². The Morgan fingerprint density at radius 1 is 1.17 bits per heavy atom. The van der Waals surface area contributed by atoms with Gasteiger partial charge in [0.05, 0.1) is 0 Å². The van der Waals surface area contributed by atoms with E-state index in [1.807, 2.05) is 36.9 Å². The summed E-state index contributed by atoms with van der Waals surface area (Å²) in [5.41, 5.74) is 4.13. The number of rotatable bonds is 5. The first-order valence-electron chi connectivity index (χ1n) is 10.4. The number of aryl methyl sites for hydroxylation is 2. The highest BCUT2D eigenvalue weighted by atomic mass is 35.5. The van der Waals surface area contributed by atoms with Crippen molar-refractivity contribution in [3.05, 3.63) is 58.1 Å². The molecule has 158 valence electrons. The molecule has 1 aromatic carbocycles. The molecule has 1 fully saturated rings. The summed E-state index contributed by atoms with van der Waals surface area (Å²) in [7, 11) is 0. The lowest BCUT2D eigenvalue weighted by Gasteiger charge is -2.38. The van der Waals surface area contributed by atoms with Crippen LogP contribution in [0.3, 0.4) is 0 Å². The Kier molecular flexibility index (Phi) is 6.01.